The molecule has 2 nitrogen and oxygen atoms in total. The maximum Gasteiger partial charge on any atom is 0.133 e. The maximum atomic E-state index is 10.1. The summed E-state index contributed by atoms with van der Waals surface area (Å²) in [5.41, 5.74) is 1.91. The predicted octanol–water partition coefficient (Wildman–Crippen LogP) is 3.07. The largest absolute Gasteiger partial charge is 0.457 e. The van der Waals surface area contributed by atoms with Gasteiger partial charge in [0.1, 0.15) is 11.5 Å². The molecule has 16 heavy (non-hydrogen) atoms. The number of hydrogen-bond donors (Lipinski definition) is 1. The average Bonchev–Trinajstić information content (AvgIpc) is 2.45. The van der Waals surface area contributed by atoms with Crippen molar-refractivity contribution in [1.82, 2.24) is 0 Å². The fourth-order valence-corrected chi connectivity index (χ4v) is 2.06. The quantitative estimate of drug-likeness (QED) is 0.727. The summed E-state index contributed by atoms with van der Waals surface area (Å²) in [4.78, 5) is 0. The number of rotatable bonds is 0. The SMILES string of the molecule is OC1Cc2ccccc2Oc2ccccc21. The Morgan fingerprint density at radius 2 is 1.62 bits per heavy atom. The van der Waals surface area contributed by atoms with Gasteiger partial charge in [-0.1, -0.05) is 36.4 Å². The Bertz CT molecular complexity index is 520. The van der Waals surface area contributed by atoms with E-state index in [-0.39, 0.29) is 0 Å². The third kappa shape index (κ3) is 1.48. The number of ether oxygens (including phenoxy) is 1. The zero-order valence-electron chi connectivity index (χ0n) is 8.76. The fourth-order valence-electron chi connectivity index (χ4n) is 2.06. The van der Waals surface area contributed by atoms with Crippen LogP contribution in [0.15, 0.2) is 48.5 Å². The molecule has 0 aromatic heterocycles. The Balaban J connectivity index is 2.15. The molecule has 1 unspecified atom stereocenters. The van der Waals surface area contributed by atoms with Crippen molar-refractivity contribution in [3.8, 4) is 11.5 Å². The molecular formula is C14H12O2. The van der Waals surface area contributed by atoms with E-state index in [1.807, 2.05) is 48.5 Å². The molecule has 2 aromatic rings. The van der Waals surface area contributed by atoms with Crippen molar-refractivity contribution >= 4 is 0 Å². The molecule has 0 amide bonds. The van der Waals surface area contributed by atoms with Gasteiger partial charge >= 0.3 is 0 Å². The lowest BCUT2D eigenvalue weighted by molar-refractivity contribution is 0.178. The number of aliphatic hydroxyl groups is 1. The van der Waals surface area contributed by atoms with E-state index >= 15 is 0 Å². The smallest absolute Gasteiger partial charge is 0.133 e. The van der Waals surface area contributed by atoms with Gasteiger partial charge in [-0.2, -0.15) is 0 Å². The molecule has 0 saturated heterocycles. The zero-order valence-corrected chi connectivity index (χ0v) is 8.76. The number of para-hydroxylation sites is 2. The van der Waals surface area contributed by atoms with E-state index in [9.17, 15) is 5.11 Å². The highest BCUT2D eigenvalue weighted by molar-refractivity contribution is 5.45. The molecule has 1 atom stereocenters. The standard InChI is InChI=1S/C14H12O2/c15-12-9-10-5-1-3-7-13(10)16-14-8-4-2-6-11(12)14/h1-8,12,15H,9H2. The zero-order chi connectivity index (χ0) is 11.0. The van der Waals surface area contributed by atoms with Crippen molar-refractivity contribution in [2.24, 2.45) is 0 Å². The molecule has 3 rings (SSSR count). The Morgan fingerprint density at radius 3 is 2.50 bits per heavy atom. The fraction of sp³-hybridized carbons (Fsp3) is 0.143. The molecule has 2 heteroatoms. The van der Waals surface area contributed by atoms with Crippen LogP contribution in [0, 0.1) is 0 Å². The van der Waals surface area contributed by atoms with Crippen molar-refractivity contribution < 1.29 is 9.84 Å². The average molecular weight is 212 g/mol. The van der Waals surface area contributed by atoms with Gasteiger partial charge in [0.2, 0.25) is 0 Å². The lowest BCUT2D eigenvalue weighted by Gasteiger charge is -2.09. The summed E-state index contributed by atoms with van der Waals surface area (Å²) in [6.07, 6.45) is 0.118. The lowest BCUT2D eigenvalue weighted by Crippen LogP contribution is -1.99. The van der Waals surface area contributed by atoms with Gasteiger partial charge in [-0.05, 0) is 17.7 Å². The molecule has 80 valence electrons. The van der Waals surface area contributed by atoms with Gasteiger partial charge in [0.05, 0.1) is 6.10 Å². The Hall–Kier alpha value is -1.80. The van der Waals surface area contributed by atoms with Crippen LogP contribution in [0.1, 0.15) is 17.2 Å². The van der Waals surface area contributed by atoms with Crippen molar-refractivity contribution in [3.05, 3.63) is 59.7 Å². The van der Waals surface area contributed by atoms with Crippen molar-refractivity contribution in [2.75, 3.05) is 0 Å². The highest BCUT2D eigenvalue weighted by Crippen LogP contribution is 2.37. The first-order valence-corrected chi connectivity index (χ1v) is 5.37. The molecule has 0 radical (unpaired) electrons. The van der Waals surface area contributed by atoms with Gasteiger partial charge in [-0.3, -0.25) is 0 Å². The summed E-state index contributed by atoms with van der Waals surface area (Å²) in [6, 6.07) is 15.5. The highest BCUT2D eigenvalue weighted by Gasteiger charge is 2.20. The molecule has 0 fully saturated rings. The second-order valence-corrected chi connectivity index (χ2v) is 3.97. The second-order valence-electron chi connectivity index (χ2n) is 3.97. The van der Waals surface area contributed by atoms with Crippen LogP contribution in [0.2, 0.25) is 0 Å². The summed E-state index contributed by atoms with van der Waals surface area (Å²) in [6.45, 7) is 0. The molecule has 0 aliphatic carbocycles. The van der Waals surface area contributed by atoms with Crippen molar-refractivity contribution in [2.45, 2.75) is 12.5 Å². The first kappa shape index (κ1) is 9.43. The minimum Gasteiger partial charge on any atom is -0.457 e. The van der Waals surface area contributed by atoms with Crippen LogP contribution in [0.25, 0.3) is 0 Å². The normalized spacial score (nSPS) is 17.9. The summed E-state index contributed by atoms with van der Waals surface area (Å²) in [5.74, 6) is 1.59. The van der Waals surface area contributed by atoms with Crippen LogP contribution < -0.4 is 4.74 Å². The summed E-state index contributed by atoms with van der Waals surface area (Å²) in [7, 11) is 0. The van der Waals surface area contributed by atoms with Crippen molar-refractivity contribution in [1.29, 1.82) is 0 Å². The third-order valence-electron chi connectivity index (χ3n) is 2.88. The number of benzene rings is 2. The van der Waals surface area contributed by atoms with Crippen LogP contribution in [0.5, 0.6) is 11.5 Å². The van der Waals surface area contributed by atoms with Gasteiger partial charge in [0, 0.05) is 12.0 Å². The number of hydrogen-bond acceptors (Lipinski definition) is 2. The second kappa shape index (κ2) is 3.65. The molecule has 1 heterocycles. The molecular weight excluding hydrogens is 200 g/mol. The molecule has 1 aliphatic heterocycles. The molecule has 0 spiro atoms. The van der Waals surface area contributed by atoms with E-state index in [2.05, 4.69) is 0 Å². The third-order valence-corrected chi connectivity index (χ3v) is 2.88. The summed E-state index contributed by atoms with van der Waals surface area (Å²) >= 11 is 0. The Labute approximate surface area is 94.1 Å². The van der Waals surface area contributed by atoms with Crippen LogP contribution >= 0.6 is 0 Å². The van der Waals surface area contributed by atoms with Gasteiger partial charge in [0.15, 0.2) is 0 Å². The van der Waals surface area contributed by atoms with Crippen LogP contribution in [-0.4, -0.2) is 5.11 Å². The van der Waals surface area contributed by atoms with Gasteiger partial charge < -0.3 is 9.84 Å². The maximum absolute atomic E-state index is 10.1. The van der Waals surface area contributed by atoms with Crippen LogP contribution in [0.3, 0.4) is 0 Å². The summed E-state index contributed by atoms with van der Waals surface area (Å²) in [5, 5.41) is 10.1. The first-order chi connectivity index (χ1) is 7.84. The summed E-state index contributed by atoms with van der Waals surface area (Å²) < 4.78 is 5.81. The van der Waals surface area contributed by atoms with Gasteiger partial charge in [-0.25, -0.2) is 0 Å². The minimum absolute atomic E-state index is 0.486. The highest BCUT2D eigenvalue weighted by atomic mass is 16.5. The van der Waals surface area contributed by atoms with E-state index < -0.39 is 6.10 Å². The van der Waals surface area contributed by atoms with Crippen LogP contribution in [0.4, 0.5) is 0 Å². The van der Waals surface area contributed by atoms with E-state index in [1.165, 1.54) is 0 Å². The topological polar surface area (TPSA) is 29.5 Å². The number of fused-ring (bicyclic) bond motifs is 2. The molecule has 0 saturated carbocycles. The Morgan fingerprint density at radius 1 is 0.938 bits per heavy atom. The van der Waals surface area contributed by atoms with Crippen LogP contribution in [-0.2, 0) is 6.42 Å². The predicted molar refractivity (Wildman–Crippen MR) is 61.6 cm³/mol. The number of aliphatic hydroxyl groups excluding tert-OH is 1. The molecule has 1 aliphatic rings. The van der Waals surface area contributed by atoms with Gasteiger partial charge in [-0.15, -0.1) is 0 Å². The van der Waals surface area contributed by atoms with E-state index in [4.69, 9.17) is 4.74 Å². The molecule has 0 bridgehead atoms. The first-order valence-electron chi connectivity index (χ1n) is 5.37. The van der Waals surface area contributed by atoms with E-state index in [0.717, 1.165) is 22.6 Å². The Kier molecular flexibility index (Phi) is 2.15. The van der Waals surface area contributed by atoms with E-state index in [0.29, 0.717) is 6.42 Å². The monoisotopic (exact) mass is 212 g/mol. The van der Waals surface area contributed by atoms with Crippen molar-refractivity contribution in [3.63, 3.8) is 0 Å². The minimum atomic E-state index is -0.486. The van der Waals surface area contributed by atoms with E-state index in [1.54, 1.807) is 0 Å². The van der Waals surface area contributed by atoms with Gasteiger partial charge in [0.25, 0.3) is 0 Å². The lowest BCUT2D eigenvalue weighted by atomic mass is 10.0. The molecule has 1 N–H and O–H groups in total. The molecule has 2 aromatic carbocycles.